The van der Waals surface area contributed by atoms with E-state index in [0.29, 0.717) is 0 Å². The van der Waals surface area contributed by atoms with Crippen molar-refractivity contribution in [3.8, 4) is 5.75 Å². The van der Waals surface area contributed by atoms with Crippen molar-refractivity contribution in [3.63, 3.8) is 0 Å². The first kappa shape index (κ1) is 14.6. The number of hydrogen-bond acceptors (Lipinski definition) is 4. The first-order valence-corrected chi connectivity index (χ1v) is 6.39. The molecular weight excluding hydrogens is 270 g/mol. The highest BCUT2D eigenvalue weighted by Gasteiger charge is 2.29. The Morgan fingerprint density at radius 2 is 2.30 bits per heavy atom. The first-order valence-electron chi connectivity index (χ1n) is 6.39. The van der Waals surface area contributed by atoms with Gasteiger partial charge in [0.1, 0.15) is 18.1 Å². The minimum absolute atomic E-state index is 0.0692. The molecule has 1 fully saturated rings. The molecule has 0 radical (unpaired) electrons. The molecule has 1 aliphatic rings. The van der Waals surface area contributed by atoms with Gasteiger partial charge in [0, 0.05) is 18.8 Å². The predicted octanol–water partition coefficient (Wildman–Crippen LogP) is 1.23. The molecule has 0 saturated heterocycles. The monoisotopic (exact) mass is 286 g/mol. The van der Waals surface area contributed by atoms with Gasteiger partial charge in [0.15, 0.2) is 0 Å². The molecule has 2 rings (SSSR count). The molecule has 7 heteroatoms. The van der Waals surface area contributed by atoms with Gasteiger partial charge in [-0.2, -0.15) is 0 Å². The second kappa shape index (κ2) is 6.60. The summed E-state index contributed by atoms with van der Waals surface area (Å²) in [7, 11) is 0. The number of halogens is 2. The Morgan fingerprint density at radius 1 is 1.55 bits per heavy atom. The number of nitrogens with zero attached hydrogens (tertiary/aromatic N) is 1. The number of aromatic nitrogens is 1. The Hall–Kier alpha value is -1.76. The first-order chi connectivity index (χ1) is 9.56. The standard InChI is InChI=1S/C13H16F2N2O3/c14-12(15)7-20-9-3-4-16-10(5-9)13(19)17-6-11(18)8-1-2-8/h3-5,8,11-12,18H,1-2,6-7H2,(H,17,19). The summed E-state index contributed by atoms with van der Waals surface area (Å²) >= 11 is 0. The second-order valence-electron chi connectivity index (χ2n) is 4.69. The van der Waals surface area contributed by atoms with E-state index in [4.69, 9.17) is 4.74 Å². The molecule has 20 heavy (non-hydrogen) atoms. The number of aliphatic hydroxyl groups excluding tert-OH is 1. The minimum Gasteiger partial charge on any atom is -0.488 e. The van der Waals surface area contributed by atoms with E-state index in [2.05, 4.69) is 10.3 Å². The fraction of sp³-hybridized carbons (Fsp3) is 0.538. The van der Waals surface area contributed by atoms with Crippen LogP contribution in [0.2, 0.25) is 0 Å². The number of rotatable bonds is 7. The number of carbonyl (C=O) groups is 1. The molecule has 0 spiro atoms. The minimum atomic E-state index is -2.57. The summed E-state index contributed by atoms with van der Waals surface area (Å²) in [6, 6.07) is 2.69. The Bertz CT molecular complexity index is 467. The highest BCUT2D eigenvalue weighted by molar-refractivity contribution is 5.92. The summed E-state index contributed by atoms with van der Waals surface area (Å²) in [5.41, 5.74) is 0.0692. The quantitative estimate of drug-likeness (QED) is 0.790. The Balaban J connectivity index is 1.86. The van der Waals surface area contributed by atoms with Crippen molar-refractivity contribution >= 4 is 5.91 Å². The van der Waals surface area contributed by atoms with E-state index in [1.165, 1.54) is 18.3 Å². The van der Waals surface area contributed by atoms with Crippen LogP contribution >= 0.6 is 0 Å². The maximum atomic E-state index is 12.0. The van der Waals surface area contributed by atoms with Crippen molar-refractivity contribution in [2.24, 2.45) is 5.92 Å². The molecule has 1 saturated carbocycles. The third-order valence-corrected chi connectivity index (χ3v) is 2.98. The summed E-state index contributed by atoms with van der Waals surface area (Å²) in [5.74, 6) is -0.0376. The fourth-order valence-electron chi connectivity index (χ4n) is 1.72. The SMILES string of the molecule is O=C(NCC(O)C1CC1)c1cc(OCC(F)F)ccn1. The van der Waals surface area contributed by atoms with E-state index >= 15 is 0 Å². The van der Waals surface area contributed by atoms with Crippen LogP contribution in [-0.4, -0.2) is 41.7 Å². The van der Waals surface area contributed by atoms with Crippen molar-refractivity contribution < 1.29 is 23.4 Å². The maximum absolute atomic E-state index is 12.0. The largest absolute Gasteiger partial charge is 0.488 e. The maximum Gasteiger partial charge on any atom is 0.272 e. The van der Waals surface area contributed by atoms with Crippen LogP contribution in [0.15, 0.2) is 18.3 Å². The molecule has 1 aromatic rings. The van der Waals surface area contributed by atoms with Crippen LogP contribution in [-0.2, 0) is 0 Å². The number of ether oxygens (including phenoxy) is 1. The van der Waals surface area contributed by atoms with Gasteiger partial charge < -0.3 is 15.2 Å². The molecule has 1 heterocycles. The van der Waals surface area contributed by atoms with Gasteiger partial charge in [-0.1, -0.05) is 0 Å². The highest BCUT2D eigenvalue weighted by atomic mass is 19.3. The van der Waals surface area contributed by atoms with Crippen LogP contribution in [0, 0.1) is 5.92 Å². The van der Waals surface area contributed by atoms with Gasteiger partial charge in [0.05, 0.1) is 6.10 Å². The number of amides is 1. The second-order valence-corrected chi connectivity index (χ2v) is 4.69. The topological polar surface area (TPSA) is 71.5 Å². The molecule has 1 amide bonds. The molecule has 0 bridgehead atoms. The number of hydrogen-bond donors (Lipinski definition) is 2. The fourth-order valence-corrected chi connectivity index (χ4v) is 1.72. The average Bonchev–Trinajstić information content (AvgIpc) is 3.27. The van der Waals surface area contributed by atoms with Gasteiger partial charge in [-0.05, 0) is 24.8 Å². The van der Waals surface area contributed by atoms with E-state index in [-0.39, 0.29) is 23.9 Å². The molecule has 5 nitrogen and oxygen atoms in total. The normalized spacial score (nSPS) is 16.0. The van der Waals surface area contributed by atoms with Crippen molar-refractivity contribution in [2.75, 3.05) is 13.2 Å². The number of nitrogens with one attached hydrogen (secondary N) is 1. The molecular formula is C13H16F2N2O3. The van der Waals surface area contributed by atoms with E-state index < -0.39 is 25.0 Å². The molecule has 1 aromatic heterocycles. The number of carbonyl (C=O) groups excluding carboxylic acids is 1. The average molecular weight is 286 g/mol. The van der Waals surface area contributed by atoms with Crippen molar-refractivity contribution in [1.29, 1.82) is 0 Å². The molecule has 0 aromatic carbocycles. The summed E-state index contributed by atoms with van der Waals surface area (Å²) in [4.78, 5) is 15.6. The zero-order chi connectivity index (χ0) is 14.5. The summed E-state index contributed by atoms with van der Waals surface area (Å²) in [6.07, 6.45) is 0.150. The van der Waals surface area contributed by atoms with Crippen molar-refractivity contribution in [2.45, 2.75) is 25.4 Å². The molecule has 1 aliphatic carbocycles. The van der Waals surface area contributed by atoms with Crippen LogP contribution in [0.5, 0.6) is 5.75 Å². The lowest BCUT2D eigenvalue weighted by atomic mass is 10.2. The Morgan fingerprint density at radius 3 is 2.95 bits per heavy atom. The molecule has 0 aliphatic heterocycles. The van der Waals surface area contributed by atoms with Gasteiger partial charge in [-0.25, -0.2) is 8.78 Å². The Kier molecular flexibility index (Phi) is 4.84. The van der Waals surface area contributed by atoms with Gasteiger partial charge in [-0.15, -0.1) is 0 Å². The number of aliphatic hydroxyl groups is 1. The van der Waals surface area contributed by atoms with Gasteiger partial charge in [0.2, 0.25) is 0 Å². The van der Waals surface area contributed by atoms with Crippen molar-refractivity contribution in [3.05, 3.63) is 24.0 Å². The van der Waals surface area contributed by atoms with Crippen LogP contribution in [0.3, 0.4) is 0 Å². The summed E-state index contributed by atoms with van der Waals surface area (Å²) in [5, 5.41) is 12.2. The van der Waals surface area contributed by atoms with E-state index in [1.54, 1.807) is 0 Å². The van der Waals surface area contributed by atoms with E-state index in [9.17, 15) is 18.7 Å². The molecule has 1 unspecified atom stereocenters. The lowest BCUT2D eigenvalue weighted by molar-refractivity contribution is 0.0816. The van der Waals surface area contributed by atoms with E-state index in [1.807, 2.05) is 0 Å². The third kappa shape index (κ3) is 4.41. The molecule has 110 valence electrons. The lowest BCUT2D eigenvalue weighted by Crippen LogP contribution is -2.33. The zero-order valence-corrected chi connectivity index (χ0v) is 10.8. The van der Waals surface area contributed by atoms with Crippen LogP contribution in [0.4, 0.5) is 8.78 Å². The van der Waals surface area contributed by atoms with Gasteiger partial charge in [-0.3, -0.25) is 9.78 Å². The van der Waals surface area contributed by atoms with Gasteiger partial charge in [0.25, 0.3) is 12.3 Å². The summed E-state index contributed by atoms with van der Waals surface area (Å²) < 4.78 is 28.9. The van der Waals surface area contributed by atoms with Crippen molar-refractivity contribution in [1.82, 2.24) is 10.3 Å². The van der Waals surface area contributed by atoms with Gasteiger partial charge >= 0.3 is 0 Å². The smallest absolute Gasteiger partial charge is 0.272 e. The highest BCUT2D eigenvalue weighted by Crippen LogP contribution is 2.32. The Labute approximate surface area is 115 Å². The molecule has 1 atom stereocenters. The number of pyridine rings is 1. The van der Waals surface area contributed by atoms with Crippen LogP contribution < -0.4 is 10.1 Å². The lowest BCUT2D eigenvalue weighted by Gasteiger charge is -2.11. The molecule has 2 N–H and O–H groups in total. The third-order valence-electron chi connectivity index (χ3n) is 2.98. The number of alkyl halides is 2. The zero-order valence-electron chi connectivity index (χ0n) is 10.8. The van der Waals surface area contributed by atoms with Crippen LogP contribution in [0.25, 0.3) is 0 Å². The van der Waals surface area contributed by atoms with Crippen LogP contribution in [0.1, 0.15) is 23.3 Å². The predicted molar refractivity (Wildman–Crippen MR) is 66.8 cm³/mol. The van der Waals surface area contributed by atoms with E-state index in [0.717, 1.165) is 12.8 Å². The summed E-state index contributed by atoms with van der Waals surface area (Å²) in [6.45, 7) is -0.571.